The van der Waals surface area contributed by atoms with Crippen LogP contribution in [0, 0.1) is 0 Å². The van der Waals surface area contributed by atoms with E-state index in [9.17, 15) is 9.59 Å². The van der Waals surface area contributed by atoms with Crippen molar-refractivity contribution in [2.75, 3.05) is 14.2 Å². The summed E-state index contributed by atoms with van der Waals surface area (Å²) in [5.41, 5.74) is 6.19. The zero-order valence-corrected chi connectivity index (χ0v) is 13.7. The number of methoxy groups -OCH3 is 2. The zero-order valence-electron chi connectivity index (χ0n) is 13.7. The van der Waals surface area contributed by atoms with Gasteiger partial charge in [-0.1, -0.05) is 18.2 Å². The number of aryl methyl sites for hydroxylation is 1. The molecule has 2 rings (SSSR count). The Balaban J connectivity index is 1.84. The number of rotatable bonds is 6. The average Bonchev–Trinajstić information content (AvgIpc) is 2.64. The van der Waals surface area contributed by atoms with Crippen LogP contribution in [0.4, 0.5) is 0 Å². The summed E-state index contributed by atoms with van der Waals surface area (Å²) in [7, 11) is 3.15. The molecule has 0 bridgehead atoms. The Hall–Kier alpha value is -3.02. The normalized spacial score (nSPS) is 9.92. The third-order valence-corrected chi connectivity index (χ3v) is 3.40. The fourth-order valence-electron chi connectivity index (χ4n) is 2.12. The molecule has 0 aromatic heterocycles. The molecule has 2 aromatic rings. The number of hydrogen-bond donors (Lipinski definition) is 2. The number of amides is 2. The van der Waals surface area contributed by atoms with E-state index in [1.54, 1.807) is 44.6 Å². The van der Waals surface area contributed by atoms with Gasteiger partial charge < -0.3 is 9.47 Å². The predicted molar refractivity (Wildman–Crippen MR) is 89.9 cm³/mol. The second-order valence-electron chi connectivity index (χ2n) is 5.09. The number of carbonyl (C=O) groups is 2. The second kappa shape index (κ2) is 8.57. The fourth-order valence-corrected chi connectivity index (χ4v) is 2.12. The molecule has 0 aliphatic rings. The third kappa shape index (κ3) is 5.01. The van der Waals surface area contributed by atoms with E-state index in [1.807, 2.05) is 18.2 Å². The summed E-state index contributed by atoms with van der Waals surface area (Å²) in [5.74, 6) is 0.706. The molecule has 0 spiro atoms. The number of benzene rings is 2. The topological polar surface area (TPSA) is 76.7 Å². The first-order valence-corrected chi connectivity index (χ1v) is 7.48. The van der Waals surface area contributed by atoms with Crippen LogP contribution in [-0.4, -0.2) is 26.0 Å². The van der Waals surface area contributed by atoms with Crippen LogP contribution in [0.3, 0.4) is 0 Å². The van der Waals surface area contributed by atoms with Crippen molar-refractivity contribution in [2.24, 2.45) is 0 Å². The molecule has 2 N–H and O–H groups in total. The minimum absolute atomic E-state index is 0.228. The van der Waals surface area contributed by atoms with Crippen molar-refractivity contribution in [3.63, 3.8) is 0 Å². The van der Waals surface area contributed by atoms with E-state index in [0.717, 1.165) is 5.56 Å². The molecule has 0 fully saturated rings. The van der Waals surface area contributed by atoms with Crippen molar-refractivity contribution >= 4 is 11.8 Å². The number of nitrogens with one attached hydrogen (secondary N) is 2. The van der Waals surface area contributed by atoms with Gasteiger partial charge in [-0.15, -0.1) is 0 Å². The Morgan fingerprint density at radius 1 is 0.917 bits per heavy atom. The third-order valence-electron chi connectivity index (χ3n) is 3.40. The molecule has 0 saturated carbocycles. The van der Waals surface area contributed by atoms with Gasteiger partial charge in [0.05, 0.1) is 14.2 Å². The highest BCUT2D eigenvalue weighted by atomic mass is 16.5. The van der Waals surface area contributed by atoms with Crippen molar-refractivity contribution in [3.8, 4) is 11.5 Å². The first-order valence-electron chi connectivity index (χ1n) is 7.48. The van der Waals surface area contributed by atoms with E-state index < -0.39 is 0 Å². The summed E-state index contributed by atoms with van der Waals surface area (Å²) in [4.78, 5) is 23.7. The molecule has 2 amide bonds. The minimum Gasteiger partial charge on any atom is -0.497 e. The van der Waals surface area contributed by atoms with Crippen molar-refractivity contribution in [1.29, 1.82) is 0 Å². The van der Waals surface area contributed by atoms with Gasteiger partial charge in [0.2, 0.25) is 5.91 Å². The van der Waals surface area contributed by atoms with E-state index in [2.05, 4.69) is 10.9 Å². The Morgan fingerprint density at radius 2 is 1.54 bits per heavy atom. The summed E-state index contributed by atoms with van der Waals surface area (Å²) in [6.07, 6.45) is 0.728. The van der Waals surface area contributed by atoms with E-state index in [1.165, 1.54) is 0 Å². The number of hydrazine groups is 1. The van der Waals surface area contributed by atoms with Gasteiger partial charge >= 0.3 is 0 Å². The molecule has 0 atom stereocenters. The fraction of sp³-hybridized carbons (Fsp3) is 0.222. The standard InChI is InChI=1S/C18H20N2O4/c1-23-15-10-13(11-16(12-15)24-2)8-9-17(21)19-20-18(22)14-6-4-3-5-7-14/h3-7,10-12H,8-9H2,1-2H3,(H,19,21)(H,20,22). The lowest BCUT2D eigenvalue weighted by Gasteiger charge is -2.09. The van der Waals surface area contributed by atoms with E-state index >= 15 is 0 Å². The molecule has 2 aromatic carbocycles. The first kappa shape index (κ1) is 17.3. The monoisotopic (exact) mass is 328 g/mol. The van der Waals surface area contributed by atoms with Crippen LogP contribution in [-0.2, 0) is 11.2 Å². The lowest BCUT2D eigenvalue weighted by Crippen LogP contribution is -2.41. The highest BCUT2D eigenvalue weighted by molar-refractivity contribution is 5.95. The Morgan fingerprint density at radius 3 is 2.12 bits per heavy atom. The molecule has 24 heavy (non-hydrogen) atoms. The Bertz CT molecular complexity index is 679. The lowest BCUT2D eigenvalue weighted by molar-refractivity contribution is -0.121. The van der Waals surface area contributed by atoms with Gasteiger partial charge in [-0.05, 0) is 36.2 Å². The zero-order chi connectivity index (χ0) is 17.4. The molecule has 0 radical (unpaired) electrons. The highest BCUT2D eigenvalue weighted by Crippen LogP contribution is 2.23. The van der Waals surface area contributed by atoms with E-state index in [0.29, 0.717) is 23.5 Å². The van der Waals surface area contributed by atoms with Crippen LogP contribution in [0.2, 0.25) is 0 Å². The average molecular weight is 328 g/mol. The Labute approximate surface area is 140 Å². The van der Waals surface area contributed by atoms with Crippen molar-refractivity contribution < 1.29 is 19.1 Å². The molecule has 6 heteroatoms. The van der Waals surface area contributed by atoms with Gasteiger partial charge in [0, 0.05) is 18.1 Å². The summed E-state index contributed by atoms with van der Waals surface area (Å²) in [6, 6.07) is 14.1. The smallest absolute Gasteiger partial charge is 0.269 e. The van der Waals surface area contributed by atoms with Crippen molar-refractivity contribution in [2.45, 2.75) is 12.8 Å². The van der Waals surface area contributed by atoms with Crippen LogP contribution in [0.25, 0.3) is 0 Å². The first-order chi connectivity index (χ1) is 11.6. The number of hydrogen-bond acceptors (Lipinski definition) is 4. The van der Waals surface area contributed by atoms with Gasteiger partial charge in [0.1, 0.15) is 11.5 Å². The molecule has 126 valence electrons. The van der Waals surface area contributed by atoms with Crippen molar-refractivity contribution in [3.05, 3.63) is 59.7 Å². The largest absolute Gasteiger partial charge is 0.497 e. The van der Waals surface area contributed by atoms with Crippen LogP contribution in [0.15, 0.2) is 48.5 Å². The summed E-state index contributed by atoms with van der Waals surface area (Å²) in [5, 5.41) is 0. The molecule has 0 unspecified atom stereocenters. The number of carbonyl (C=O) groups excluding carboxylic acids is 2. The Kier molecular flexibility index (Phi) is 6.19. The van der Waals surface area contributed by atoms with E-state index in [4.69, 9.17) is 9.47 Å². The second-order valence-corrected chi connectivity index (χ2v) is 5.09. The highest BCUT2D eigenvalue weighted by Gasteiger charge is 2.08. The molecule has 0 aliphatic heterocycles. The van der Waals surface area contributed by atoms with Gasteiger partial charge in [0.25, 0.3) is 5.91 Å². The summed E-state index contributed by atoms with van der Waals surface area (Å²) in [6.45, 7) is 0. The van der Waals surface area contributed by atoms with Gasteiger partial charge in [-0.3, -0.25) is 20.4 Å². The minimum atomic E-state index is -0.355. The number of ether oxygens (including phenoxy) is 2. The quantitative estimate of drug-likeness (QED) is 0.796. The molecule has 6 nitrogen and oxygen atoms in total. The lowest BCUT2D eigenvalue weighted by atomic mass is 10.1. The predicted octanol–water partition coefficient (Wildman–Crippen LogP) is 2.10. The molecule has 0 aliphatic carbocycles. The maximum Gasteiger partial charge on any atom is 0.269 e. The molecule has 0 heterocycles. The van der Waals surface area contributed by atoms with Crippen LogP contribution in [0.5, 0.6) is 11.5 Å². The molecular weight excluding hydrogens is 308 g/mol. The van der Waals surface area contributed by atoms with Crippen LogP contribution >= 0.6 is 0 Å². The van der Waals surface area contributed by atoms with Gasteiger partial charge in [0.15, 0.2) is 0 Å². The van der Waals surface area contributed by atoms with Gasteiger partial charge in [-0.25, -0.2) is 0 Å². The van der Waals surface area contributed by atoms with Crippen LogP contribution < -0.4 is 20.3 Å². The van der Waals surface area contributed by atoms with Crippen LogP contribution in [0.1, 0.15) is 22.3 Å². The van der Waals surface area contributed by atoms with Crippen molar-refractivity contribution in [1.82, 2.24) is 10.9 Å². The maximum atomic E-state index is 11.9. The molecular formula is C18H20N2O4. The molecule has 0 saturated heterocycles. The van der Waals surface area contributed by atoms with E-state index in [-0.39, 0.29) is 18.2 Å². The SMILES string of the molecule is COc1cc(CCC(=O)NNC(=O)c2ccccc2)cc(OC)c1. The van der Waals surface area contributed by atoms with Gasteiger partial charge in [-0.2, -0.15) is 0 Å². The maximum absolute atomic E-state index is 11.9. The summed E-state index contributed by atoms with van der Waals surface area (Å²) < 4.78 is 10.4. The summed E-state index contributed by atoms with van der Waals surface area (Å²) >= 11 is 0.